The van der Waals surface area contributed by atoms with Gasteiger partial charge in [-0.05, 0) is 61.4 Å². The van der Waals surface area contributed by atoms with E-state index in [9.17, 15) is 13.6 Å². The standard InChI is InChI=1S/C25H30F2N2O2/c26-20-7-6-19(22(27)14-20)16-25(9-12-29(13-10-25)11-8-24(30)31)17-28-23-15-21(23)18-4-2-1-3-5-18/h1-7,14,21,23,28H,8-13,15-17H2,(H,30,31). The topological polar surface area (TPSA) is 52.6 Å². The Morgan fingerprint density at radius 2 is 1.87 bits per heavy atom. The number of benzene rings is 2. The lowest BCUT2D eigenvalue weighted by Gasteiger charge is -2.42. The second-order valence-corrected chi connectivity index (χ2v) is 9.14. The highest BCUT2D eigenvalue weighted by Crippen LogP contribution is 2.42. The number of rotatable bonds is 9. The summed E-state index contributed by atoms with van der Waals surface area (Å²) in [7, 11) is 0. The Labute approximate surface area is 182 Å². The van der Waals surface area contributed by atoms with E-state index in [2.05, 4.69) is 34.5 Å². The molecule has 1 aliphatic carbocycles. The molecule has 0 radical (unpaired) electrons. The zero-order valence-electron chi connectivity index (χ0n) is 17.7. The summed E-state index contributed by atoms with van der Waals surface area (Å²) in [4.78, 5) is 13.1. The molecule has 166 valence electrons. The molecule has 0 amide bonds. The van der Waals surface area contributed by atoms with Gasteiger partial charge in [0.25, 0.3) is 0 Å². The summed E-state index contributed by atoms with van der Waals surface area (Å²) in [5.74, 6) is -1.30. The Bertz CT molecular complexity index is 898. The highest BCUT2D eigenvalue weighted by Gasteiger charge is 2.41. The van der Waals surface area contributed by atoms with Crippen LogP contribution in [0.3, 0.4) is 0 Å². The fourth-order valence-corrected chi connectivity index (χ4v) is 4.83. The Kier molecular flexibility index (Phi) is 6.68. The predicted molar refractivity (Wildman–Crippen MR) is 116 cm³/mol. The molecule has 1 saturated heterocycles. The predicted octanol–water partition coefficient (Wildman–Crippen LogP) is 4.21. The average molecular weight is 429 g/mol. The quantitative estimate of drug-likeness (QED) is 0.628. The monoisotopic (exact) mass is 428 g/mol. The summed E-state index contributed by atoms with van der Waals surface area (Å²) in [6.07, 6.45) is 3.52. The van der Waals surface area contributed by atoms with Gasteiger partial charge in [-0.25, -0.2) is 8.78 Å². The van der Waals surface area contributed by atoms with E-state index >= 15 is 0 Å². The molecule has 4 nitrogen and oxygen atoms in total. The lowest BCUT2D eigenvalue weighted by Crippen LogP contribution is -2.47. The maximum absolute atomic E-state index is 14.4. The molecule has 2 aromatic rings. The molecule has 2 unspecified atom stereocenters. The van der Waals surface area contributed by atoms with Crippen LogP contribution in [0, 0.1) is 17.0 Å². The SMILES string of the molecule is O=C(O)CCN1CCC(CNC2CC2c2ccccc2)(Cc2ccc(F)cc2F)CC1. The van der Waals surface area contributed by atoms with Gasteiger partial charge < -0.3 is 15.3 Å². The molecule has 4 rings (SSSR count). The van der Waals surface area contributed by atoms with Crippen molar-refractivity contribution in [3.63, 3.8) is 0 Å². The number of nitrogens with one attached hydrogen (secondary N) is 1. The van der Waals surface area contributed by atoms with Crippen molar-refractivity contribution in [2.45, 2.75) is 44.1 Å². The molecule has 6 heteroatoms. The van der Waals surface area contributed by atoms with Crippen molar-refractivity contribution in [3.05, 3.63) is 71.3 Å². The van der Waals surface area contributed by atoms with Crippen LogP contribution in [0.5, 0.6) is 0 Å². The minimum Gasteiger partial charge on any atom is -0.481 e. The van der Waals surface area contributed by atoms with Gasteiger partial charge in [-0.1, -0.05) is 36.4 Å². The molecule has 1 aliphatic heterocycles. The normalized spacial score (nSPS) is 22.9. The van der Waals surface area contributed by atoms with Crippen LogP contribution in [0.4, 0.5) is 8.78 Å². The maximum atomic E-state index is 14.4. The van der Waals surface area contributed by atoms with Crippen molar-refractivity contribution in [3.8, 4) is 0 Å². The highest BCUT2D eigenvalue weighted by atomic mass is 19.1. The maximum Gasteiger partial charge on any atom is 0.304 e. The Morgan fingerprint density at radius 3 is 2.55 bits per heavy atom. The molecule has 2 atom stereocenters. The van der Waals surface area contributed by atoms with Gasteiger partial charge in [0.2, 0.25) is 0 Å². The summed E-state index contributed by atoms with van der Waals surface area (Å²) >= 11 is 0. The number of likely N-dealkylation sites (tertiary alicyclic amines) is 1. The average Bonchev–Trinajstić information content (AvgIpc) is 3.55. The van der Waals surface area contributed by atoms with E-state index in [1.54, 1.807) is 6.07 Å². The van der Waals surface area contributed by atoms with Gasteiger partial charge in [0.1, 0.15) is 11.6 Å². The van der Waals surface area contributed by atoms with Crippen LogP contribution in [0.1, 0.15) is 42.7 Å². The van der Waals surface area contributed by atoms with Gasteiger partial charge in [-0.15, -0.1) is 0 Å². The number of halogens is 2. The summed E-state index contributed by atoms with van der Waals surface area (Å²) in [5.41, 5.74) is 1.78. The summed E-state index contributed by atoms with van der Waals surface area (Å²) in [6.45, 7) is 2.92. The van der Waals surface area contributed by atoms with E-state index in [1.807, 2.05) is 6.07 Å². The molecule has 0 aromatic heterocycles. The molecule has 0 bridgehead atoms. The number of nitrogens with zero attached hydrogens (tertiary/aromatic N) is 1. The third-order valence-electron chi connectivity index (χ3n) is 6.90. The van der Waals surface area contributed by atoms with Crippen LogP contribution in [-0.2, 0) is 11.2 Å². The molecule has 2 aliphatic rings. The minimum atomic E-state index is -0.785. The number of hydrogen-bond acceptors (Lipinski definition) is 3. The van der Waals surface area contributed by atoms with Gasteiger partial charge in [0.15, 0.2) is 0 Å². The zero-order chi connectivity index (χ0) is 21.8. The van der Waals surface area contributed by atoms with Crippen LogP contribution < -0.4 is 5.32 Å². The lowest BCUT2D eigenvalue weighted by atomic mass is 9.73. The van der Waals surface area contributed by atoms with Crippen LogP contribution in [-0.4, -0.2) is 48.2 Å². The summed E-state index contributed by atoms with van der Waals surface area (Å²) < 4.78 is 27.8. The molecule has 1 saturated carbocycles. The highest BCUT2D eigenvalue weighted by molar-refractivity contribution is 5.66. The van der Waals surface area contributed by atoms with Crippen LogP contribution in [0.15, 0.2) is 48.5 Å². The number of aliphatic carboxylic acids is 1. The summed E-state index contributed by atoms with van der Waals surface area (Å²) in [6, 6.07) is 14.8. The first-order chi connectivity index (χ1) is 14.9. The lowest BCUT2D eigenvalue weighted by molar-refractivity contribution is -0.137. The first kappa shape index (κ1) is 21.9. The van der Waals surface area contributed by atoms with E-state index in [0.29, 0.717) is 30.5 Å². The van der Waals surface area contributed by atoms with Crippen molar-refractivity contribution in [1.29, 1.82) is 0 Å². The number of piperidine rings is 1. The van der Waals surface area contributed by atoms with Gasteiger partial charge in [0.05, 0.1) is 6.42 Å². The number of carbonyl (C=O) groups is 1. The molecular formula is C25H30F2N2O2. The second-order valence-electron chi connectivity index (χ2n) is 9.14. The Balaban J connectivity index is 1.41. The summed E-state index contributed by atoms with van der Waals surface area (Å²) in [5, 5.41) is 12.7. The van der Waals surface area contributed by atoms with Crippen molar-refractivity contribution >= 4 is 5.97 Å². The van der Waals surface area contributed by atoms with Crippen LogP contribution >= 0.6 is 0 Å². The second kappa shape index (κ2) is 9.45. The van der Waals surface area contributed by atoms with E-state index in [1.165, 1.54) is 11.6 Å². The van der Waals surface area contributed by atoms with E-state index in [0.717, 1.165) is 45.0 Å². The van der Waals surface area contributed by atoms with Crippen molar-refractivity contribution in [1.82, 2.24) is 10.2 Å². The molecular weight excluding hydrogens is 398 g/mol. The van der Waals surface area contributed by atoms with Gasteiger partial charge >= 0.3 is 5.97 Å². The largest absolute Gasteiger partial charge is 0.481 e. The molecule has 0 spiro atoms. The molecule has 1 heterocycles. The van der Waals surface area contributed by atoms with Crippen molar-refractivity contribution < 1.29 is 18.7 Å². The molecule has 2 N–H and O–H groups in total. The zero-order valence-corrected chi connectivity index (χ0v) is 17.7. The number of hydrogen-bond donors (Lipinski definition) is 2. The van der Waals surface area contributed by atoms with E-state index in [-0.39, 0.29) is 11.8 Å². The first-order valence-corrected chi connectivity index (χ1v) is 11.1. The fourth-order valence-electron chi connectivity index (χ4n) is 4.83. The van der Waals surface area contributed by atoms with Crippen LogP contribution in [0.2, 0.25) is 0 Å². The molecule has 31 heavy (non-hydrogen) atoms. The van der Waals surface area contributed by atoms with Gasteiger partial charge in [0, 0.05) is 31.1 Å². The van der Waals surface area contributed by atoms with Gasteiger partial charge in [-0.3, -0.25) is 4.79 Å². The fraction of sp³-hybridized carbons (Fsp3) is 0.480. The smallest absolute Gasteiger partial charge is 0.304 e. The number of carboxylic acids is 1. The first-order valence-electron chi connectivity index (χ1n) is 11.1. The third-order valence-corrected chi connectivity index (χ3v) is 6.90. The van der Waals surface area contributed by atoms with Crippen LogP contribution in [0.25, 0.3) is 0 Å². The third kappa shape index (κ3) is 5.69. The Morgan fingerprint density at radius 1 is 1.13 bits per heavy atom. The number of carboxylic acid groups (broad SMARTS) is 1. The van der Waals surface area contributed by atoms with E-state index < -0.39 is 17.6 Å². The Hall–Kier alpha value is -2.31. The van der Waals surface area contributed by atoms with Crippen molar-refractivity contribution in [2.24, 2.45) is 5.41 Å². The van der Waals surface area contributed by atoms with Crippen molar-refractivity contribution in [2.75, 3.05) is 26.2 Å². The minimum absolute atomic E-state index is 0.123. The van der Waals surface area contributed by atoms with E-state index in [4.69, 9.17) is 5.11 Å². The molecule has 2 fully saturated rings. The van der Waals surface area contributed by atoms with Gasteiger partial charge in [-0.2, -0.15) is 0 Å². The molecule has 2 aromatic carbocycles.